The molecular weight excluding hydrogens is 472 g/mol. The molecule has 38 heavy (non-hydrogen) atoms. The monoisotopic (exact) mass is 502 g/mol. The van der Waals surface area contributed by atoms with Crippen LogP contribution in [0.25, 0.3) is 22.3 Å². The van der Waals surface area contributed by atoms with E-state index in [1.165, 1.54) is 30.0 Å². The van der Waals surface area contributed by atoms with Crippen LogP contribution in [0.2, 0.25) is 0 Å². The van der Waals surface area contributed by atoms with E-state index in [1.54, 1.807) is 24.3 Å². The summed E-state index contributed by atoms with van der Waals surface area (Å²) < 4.78 is 11.6. The number of rotatable bonds is 10. The van der Waals surface area contributed by atoms with Crippen LogP contribution in [0.4, 0.5) is 0 Å². The Morgan fingerprint density at radius 2 is 1.37 bits per heavy atom. The molecule has 4 aromatic rings. The molecule has 0 N–H and O–H groups in total. The SMILES string of the molecule is C=CC(=O)c1ccc(-c2ccc(OC(=O)c3ccc4c(c3)Cc3cc(OCCCCC)ccc3-4)cc2)cc1. The molecule has 0 saturated carbocycles. The van der Waals surface area contributed by atoms with E-state index in [9.17, 15) is 9.59 Å². The van der Waals surface area contributed by atoms with Gasteiger partial charge in [0.25, 0.3) is 0 Å². The highest BCUT2D eigenvalue weighted by atomic mass is 16.5. The predicted molar refractivity (Wildman–Crippen MR) is 151 cm³/mol. The third-order valence-electron chi connectivity index (χ3n) is 6.86. The highest BCUT2D eigenvalue weighted by molar-refractivity contribution is 6.04. The first kappa shape index (κ1) is 25.2. The molecule has 4 nitrogen and oxygen atoms in total. The molecule has 0 spiro atoms. The zero-order chi connectivity index (χ0) is 26.5. The minimum atomic E-state index is -0.385. The second kappa shape index (κ2) is 11.3. The van der Waals surface area contributed by atoms with Crippen LogP contribution in [0.15, 0.2) is 97.6 Å². The summed E-state index contributed by atoms with van der Waals surface area (Å²) in [4.78, 5) is 24.7. The Morgan fingerprint density at radius 1 is 0.763 bits per heavy atom. The lowest BCUT2D eigenvalue weighted by atomic mass is 10.0. The van der Waals surface area contributed by atoms with Gasteiger partial charge in [-0.3, -0.25) is 4.79 Å². The van der Waals surface area contributed by atoms with Gasteiger partial charge in [0.15, 0.2) is 5.78 Å². The first-order valence-electron chi connectivity index (χ1n) is 13.0. The van der Waals surface area contributed by atoms with Crippen LogP contribution in [-0.4, -0.2) is 18.4 Å². The summed E-state index contributed by atoms with van der Waals surface area (Å²) >= 11 is 0. The summed E-state index contributed by atoms with van der Waals surface area (Å²) in [6.07, 6.45) is 5.48. The maximum absolute atomic E-state index is 12.9. The second-order valence-electron chi connectivity index (χ2n) is 9.48. The number of hydrogen-bond donors (Lipinski definition) is 0. The minimum absolute atomic E-state index is 0.106. The Balaban J connectivity index is 1.23. The van der Waals surface area contributed by atoms with Crippen LogP contribution in [0.3, 0.4) is 0 Å². The fourth-order valence-electron chi connectivity index (χ4n) is 4.77. The summed E-state index contributed by atoms with van der Waals surface area (Å²) in [7, 11) is 0. The van der Waals surface area contributed by atoms with Gasteiger partial charge in [-0.2, -0.15) is 0 Å². The molecule has 0 aliphatic heterocycles. The molecule has 0 radical (unpaired) electrons. The number of carbonyl (C=O) groups is 2. The lowest BCUT2D eigenvalue weighted by molar-refractivity contribution is 0.0734. The van der Waals surface area contributed by atoms with Gasteiger partial charge in [0, 0.05) is 5.56 Å². The number of benzene rings is 4. The normalized spacial score (nSPS) is 11.4. The van der Waals surface area contributed by atoms with E-state index in [0.717, 1.165) is 47.5 Å². The Morgan fingerprint density at radius 3 is 2.05 bits per heavy atom. The van der Waals surface area contributed by atoms with Gasteiger partial charge < -0.3 is 9.47 Å². The van der Waals surface area contributed by atoms with E-state index in [-0.39, 0.29) is 11.8 Å². The van der Waals surface area contributed by atoms with E-state index in [4.69, 9.17) is 9.47 Å². The van der Waals surface area contributed by atoms with Crippen LogP contribution in [0.1, 0.15) is 58.0 Å². The fraction of sp³-hybridized carbons (Fsp3) is 0.176. The van der Waals surface area contributed by atoms with E-state index >= 15 is 0 Å². The number of fused-ring (bicyclic) bond motifs is 3. The average molecular weight is 503 g/mol. The standard InChI is InChI=1S/C34H30O4/c1-3-5-6-19-37-30-16-18-32-28(22-30)21-27-20-26(13-17-31(27)32)34(36)38-29-14-11-24(12-15-29)23-7-9-25(10-8-23)33(35)4-2/h4,7-18,20,22H,2-3,5-6,19,21H2,1H3. The van der Waals surface area contributed by atoms with Gasteiger partial charge >= 0.3 is 5.97 Å². The van der Waals surface area contributed by atoms with Crippen LogP contribution in [0.5, 0.6) is 11.5 Å². The van der Waals surface area contributed by atoms with Gasteiger partial charge in [0.1, 0.15) is 11.5 Å². The highest BCUT2D eigenvalue weighted by Gasteiger charge is 2.21. The van der Waals surface area contributed by atoms with Gasteiger partial charge in [-0.15, -0.1) is 0 Å². The van der Waals surface area contributed by atoms with Crippen molar-refractivity contribution in [2.45, 2.75) is 32.6 Å². The Bertz CT molecular complexity index is 1480. The Hall–Kier alpha value is -4.44. The van der Waals surface area contributed by atoms with Crippen molar-refractivity contribution >= 4 is 11.8 Å². The fourth-order valence-corrected chi connectivity index (χ4v) is 4.77. The van der Waals surface area contributed by atoms with Crippen molar-refractivity contribution in [2.75, 3.05) is 6.61 Å². The molecule has 0 bridgehead atoms. The van der Waals surface area contributed by atoms with Gasteiger partial charge in [0.05, 0.1) is 12.2 Å². The first-order chi connectivity index (χ1) is 18.6. The molecule has 1 aliphatic carbocycles. The lowest BCUT2D eigenvalue weighted by Gasteiger charge is -2.08. The van der Waals surface area contributed by atoms with E-state index in [1.807, 2.05) is 48.5 Å². The zero-order valence-corrected chi connectivity index (χ0v) is 21.5. The summed E-state index contributed by atoms with van der Waals surface area (Å²) in [5, 5.41) is 0. The maximum atomic E-state index is 12.9. The summed E-state index contributed by atoms with van der Waals surface area (Å²) in [5.41, 5.74) is 7.74. The molecule has 0 amide bonds. The van der Waals surface area contributed by atoms with Crippen LogP contribution in [0, 0.1) is 0 Å². The molecule has 0 saturated heterocycles. The van der Waals surface area contributed by atoms with Crippen LogP contribution < -0.4 is 9.47 Å². The molecule has 0 aromatic heterocycles. The third kappa shape index (κ3) is 5.45. The first-order valence-corrected chi connectivity index (χ1v) is 13.0. The molecule has 0 heterocycles. The number of unbranched alkanes of at least 4 members (excludes halogenated alkanes) is 2. The van der Waals surface area contributed by atoms with Crippen molar-refractivity contribution < 1.29 is 19.1 Å². The lowest BCUT2D eigenvalue weighted by Crippen LogP contribution is -2.08. The summed E-state index contributed by atoms with van der Waals surface area (Å²) in [6.45, 7) is 6.44. The van der Waals surface area contributed by atoms with Crippen LogP contribution >= 0.6 is 0 Å². The quantitative estimate of drug-likeness (QED) is 0.0637. The summed E-state index contributed by atoms with van der Waals surface area (Å²) in [5.74, 6) is 0.886. The second-order valence-corrected chi connectivity index (χ2v) is 9.48. The molecule has 5 rings (SSSR count). The van der Waals surface area contributed by atoms with Crippen molar-refractivity contribution in [1.29, 1.82) is 0 Å². The van der Waals surface area contributed by atoms with E-state index in [0.29, 0.717) is 16.9 Å². The highest BCUT2D eigenvalue weighted by Crippen LogP contribution is 2.39. The number of ketones is 1. The zero-order valence-electron chi connectivity index (χ0n) is 21.5. The van der Waals surface area contributed by atoms with Crippen molar-refractivity contribution in [3.63, 3.8) is 0 Å². The molecule has 4 aromatic carbocycles. The minimum Gasteiger partial charge on any atom is -0.494 e. The van der Waals surface area contributed by atoms with Crippen molar-refractivity contribution in [3.8, 4) is 33.8 Å². The van der Waals surface area contributed by atoms with E-state index < -0.39 is 0 Å². The molecular formula is C34H30O4. The summed E-state index contributed by atoms with van der Waals surface area (Å²) in [6, 6.07) is 26.7. The number of allylic oxidation sites excluding steroid dienone is 1. The van der Waals surface area contributed by atoms with Crippen molar-refractivity contribution in [1.82, 2.24) is 0 Å². The molecule has 190 valence electrons. The van der Waals surface area contributed by atoms with E-state index in [2.05, 4.69) is 25.6 Å². The largest absolute Gasteiger partial charge is 0.494 e. The number of ether oxygens (including phenoxy) is 2. The van der Waals surface area contributed by atoms with Gasteiger partial charge in [-0.1, -0.05) is 74.9 Å². The van der Waals surface area contributed by atoms with Gasteiger partial charge in [0.2, 0.25) is 0 Å². The smallest absolute Gasteiger partial charge is 0.343 e. The van der Waals surface area contributed by atoms with Gasteiger partial charge in [-0.25, -0.2) is 4.79 Å². The molecule has 0 unspecified atom stereocenters. The van der Waals surface area contributed by atoms with Crippen molar-refractivity contribution in [3.05, 3.63) is 120 Å². The van der Waals surface area contributed by atoms with Gasteiger partial charge in [-0.05, 0) is 88.7 Å². The number of carbonyl (C=O) groups excluding carboxylic acids is 2. The predicted octanol–water partition coefficient (Wildman–Crippen LogP) is 8.08. The number of hydrogen-bond acceptors (Lipinski definition) is 4. The van der Waals surface area contributed by atoms with Crippen LogP contribution in [-0.2, 0) is 6.42 Å². The average Bonchev–Trinajstić information content (AvgIpc) is 3.32. The number of esters is 1. The maximum Gasteiger partial charge on any atom is 0.343 e. The Kier molecular flexibility index (Phi) is 7.50. The topological polar surface area (TPSA) is 52.6 Å². The molecule has 1 aliphatic rings. The molecule has 0 atom stereocenters. The van der Waals surface area contributed by atoms with Crippen molar-refractivity contribution in [2.24, 2.45) is 0 Å². The molecule has 4 heteroatoms. The molecule has 0 fully saturated rings. The third-order valence-corrected chi connectivity index (χ3v) is 6.86. The Labute approximate surface area is 223 Å².